The summed E-state index contributed by atoms with van der Waals surface area (Å²) in [7, 11) is 0. The topological polar surface area (TPSA) is 15.3 Å². The Balaban J connectivity index is 0.00000162. The van der Waals surface area contributed by atoms with Crippen molar-refractivity contribution in [1.82, 2.24) is 10.2 Å². The molecule has 0 saturated carbocycles. The van der Waals surface area contributed by atoms with Crippen LogP contribution in [0.1, 0.15) is 52.4 Å². The summed E-state index contributed by atoms with van der Waals surface area (Å²) in [4.78, 5) is 2.83. The van der Waals surface area contributed by atoms with Gasteiger partial charge in [-0.15, -0.1) is 12.4 Å². The molecular weight excluding hydrogens is 244 g/mol. The van der Waals surface area contributed by atoms with Gasteiger partial charge in [0.25, 0.3) is 0 Å². The molecule has 0 spiro atoms. The van der Waals surface area contributed by atoms with Crippen LogP contribution in [0.3, 0.4) is 0 Å². The van der Waals surface area contributed by atoms with Gasteiger partial charge in [-0.2, -0.15) is 0 Å². The first-order valence-corrected chi connectivity index (χ1v) is 7.76. The normalized spacial score (nSPS) is 28.7. The molecule has 2 fully saturated rings. The van der Waals surface area contributed by atoms with E-state index in [-0.39, 0.29) is 12.4 Å². The average molecular weight is 275 g/mol. The number of nitrogens with zero attached hydrogens (tertiary/aromatic N) is 1. The molecule has 0 bridgehead atoms. The van der Waals surface area contributed by atoms with Crippen LogP contribution < -0.4 is 5.32 Å². The van der Waals surface area contributed by atoms with E-state index < -0.39 is 0 Å². The lowest BCUT2D eigenvalue weighted by atomic mass is 9.88. The minimum Gasteiger partial charge on any atom is -0.317 e. The number of rotatable bonds is 4. The fraction of sp³-hybridized carbons (Fsp3) is 1.00. The molecule has 0 aromatic rings. The third kappa shape index (κ3) is 4.40. The number of likely N-dealkylation sites (tertiary alicyclic amines) is 1. The summed E-state index contributed by atoms with van der Waals surface area (Å²) in [5, 5.41) is 3.48. The predicted molar refractivity (Wildman–Crippen MR) is 81.5 cm³/mol. The molecule has 2 rings (SSSR count). The summed E-state index contributed by atoms with van der Waals surface area (Å²) in [6.07, 6.45) is 8.45. The maximum atomic E-state index is 3.48. The van der Waals surface area contributed by atoms with E-state index >= 15 is 0 Å². The zero-order chi connectivity index (χ0) is 12.1. The second kappa shape index (κ2) is 8.39. The van der Waals surface area contributed by atoms with Gasteiger partial charge in [-0.3, -0.25) is 4.90 Å². The Morgan fingerprint density at radius 2 is 1.89 bits per heavy atom. The number of hydrogen-bond donors (Lipinski definition) is 1. The van der Waals surface area contributed by atoms with E-state index in [4.69, 9.17) is 0 Å². The van der Waals surface area contributed by atoms with Gasteiger partial charge in [0.05, 0.1) is 0 Å². The van der Waals surface area contributed by atoms with Crippen LogP contribution in [-0.4, -0.2) is 37.1 Å². The zero-order valence-electron chi connectivity index (χ0n) is 12.2. The van der Waals surface area contributed by atoms with Crippen LogP contribution in [0.4, 0.5) is 0 Å². The third-order valence-electron chi connectivity index (χ3n) is 4.92. The zero-order valence-corrected chi connectivity index (χ0v) is 13.0. The van der Waals surface area contributed by atoms with E-state index in [1.165, 1.54) is 64.7 Å². The molecule has 1 N–H and O–H groups in total. The SMILES string of the molecule is CCC(C)C1CCCCN1CC1CCNCC1.Cl. The maximum absolute atomic E-state index is 3.48. The highest BCUT2D eigenvalue weighted by Crippen LogP contribution is 2.27. The van der Waals surface area contributed by atoms with E-state index in [1.54, 1.807) is 0 Å². The van der Waals surface area contributed by atoms with Gasteiger partial charge in [0, 0.05) is 12.6 Å². The highest BCUT2D eigenvalue weighted by molar-refractivity contribution is 5.85. The second-order valence-electron chi connectivity index (χ2n) is 6.14. The lowest BCUT2D eigenvalue weighted by molar-refractivity contribution is 0.0798. The van der Waals surface area contributed by atoms with Gasteiger partial charge in [-0.1, -0.05) is 26.7 Å². The molecule has 2 atom stereocenters. The van der Waals surface area contributed by atoms with Crippen LogP contribution in [-0.2, 0) is 0 Å². The Morgan fingerprint density at radius 1 is 1.17 bits per heavy atom. The van der Waals surface area contributed by atoms with Gasteiger partial charge in [-0.25, -0.2) is 0 Å². The number of piperidine rings is 2. The molecule has 0 radical (unpaired) electrons. The molecule has 3 heteroatoms. The molecule has 0 aromatic carbocycles. The summed E-state index contributed by atoms with van der Waals surface area (Å²) in [5.41, 5.74) is 0. The molecule has 0 amide bonds. The number of nitrogens with one attached hydrogen (secondary N) is 1. The van der Waals surface area contributed by atoms with E-state index in [9.17, 15) is 0 Å². The summed E-state index contributed by atoms with van der Waals surface area (Å²) in [6, 6.07) is 0.878. The van der Waals surface area contributed by atoms with Crippen LogP contribution in [0.25, 0.3) is 0 Å². The van der Waals surface area contributed by atoms with E-state index in [1.807, 2.05) is 0 Å². The molecule has 2 heterocycles. The van der Waals surface area contributed by atoms with Crippen LogP contribution in [0, 0.1) is 11.8 Å². The Bertz CT molecular complexity index is 217. The number of hydrogen-bond acceptors (Lipinski definition) is 2. The average Bonchev–Trinajstić information content (AvgIpc) is 2.40. The van der Waals surface area contributed by atoms with Crippen molar-refractivity contribution >= 4 is 12.4 Å². The Labute approximate surface area is 119 Å². The van der Waals surface area contributed by atoms with E-state index in [0.717, 1.165) is 17.9 Å². The minimum atomic E-state index is 0. The second-order valence-corrected chi connectivity index (χ2v) is 6.14. The first-order valence-electron chi connectivity index (χ1n) is 7.76. The minimum absolute atomic E-state index is 0. The fourth-order valence-corrected chi connectivity index (χ4v) is 3.56. The standard InChI is InChI=1S/C15H30N2.ClH/c1-3-13(2)15-6-4-5-11-17(15)12-14-7-9-16-10-8-14;/h13-16H,3-12H2,1-2H3;1H. The molecule has 0 aliphatic carbocycles. The highest BCUT2D eigenvalue weighted by Gasteiger charge is 2.28. The van der Waals surface area contributed by atoms with Crippen LogP contribution in [0.5, 0.6) is 0 Å². The molecule has 0 aromatic heterocycles. The van der Waals surface area contributed by atoms with Crippen molar-refractivity contribution in [3.05, 3.63) is 0 Å². The number of halogens is 1. The van der Waals surface area contributed by atoms with Crippen LogP contribution >= 0.6 is 12.4 Å². The van der Waals surface area contributed by atoms with Gasteiger partial charge in [0.15, 0.2) is 0 Å². The van der Waals surface area contributed by atoms with Crippen molar-refractivity contribution in [2.45, 2.75) is 58.4 Å². The quantitative estimate of drug-likeness (QED) is 0.846. The summed E-state index contributed by atoms with van der Waals surface area (Å²) in [5.74, 6) is 1.85. The maximum Gasteiger partial charge on any atom is 0.0121 e. The summed E-state index contributed by atoms with van der Waals surface area (Å²) >= 11 is 0. The Morgan fingerprint density at radius 3 is 2.56 bits per heavy atom. The van der Waals surface area contributed by atoms with Crippen molar-refractivity contribution in [2.75, 3.05) is 26.2 Å². The fourth-order valence-electron chi connectivity index (χ4n) is 3.56. The van der Waals surface area contributed by atoms with E-state index in [2.05, 4.69) is 24.1 Å². The van der Waals surface area contributed by atoms with Crippen molar-refractivity contribution in [2.24, 2.45) is 11.8 Å². The van der Waals surface area contributed by atoms with Crippen molar-refractivity contribution < 1.29 is 0 Å². The molecular formula is C15H31ClN2. The molecule has 2 aliphatic rings. The van der Waals surface area contributed by atoms with E-state index in [0.29, 0.717) is 0 Å². The predicted octanol–water partition coefficient (Wildman–Crippen LogP) is 3.31. The molecule has 2 unspecified atom stereocenters. The molecule has 2 nitrogen and oxygen atoms in total. The van der Waals surface area contributed by atoms with Gasteiger partial charge < -0.3 is 5.32 Å². The smallest absolute Gasteiger partial charge is 0.0121 e. The highest BCUT2D eigenvalue weighted by atomic mass is 35.5. The van der Waals surface area contributed by atoms with Gasteiger partial charge >= 0.3 is 0 Å². The molecule has 2 aliphatic heterocycles. The Hall–Kier alpha value is 0.210. The first kappa shape index (κ1) is 16.3. The largest absolute Gasteiger partial charge is 0.317 e. The summed E-state index contributed by atoms with van der Waals surface area (Å²) < 4.78 is 0. The van der Waals surface area contributed by atoms with Gasteiger partial charge in [-0.05, 0) is 57.2 Å². The van der Waals surface area contributed by atoms with Gasteiger partial charge in [0.2, 0.25) is 0 Å². The first-order chi connectivity index (χ1) is 8.31. The third-order valence-corrected chi connectivity index (χ3v) is 4.92. The van der Waals surface area contributed by atoms with Crippen LogP contribution in [0.2, 0.25) is 0 Å². The molecule has 18 heavy (non-hydrogen) atoms. The van der Waals surface area contributed by atoms with Crippen molar-refractivity contribution in [3.8, 4) is 0 Å². The monoisotopic (exact) mass is 274 g/mol. The molecule has 108 valence electrons. The lowest BCUT2D eigenvalue weighted by Gasteiger charge is -2.41. The van der Waals surface area contributed by atoms with Gasteiger partial charge in [0.1, 0.15) is 0 Å². The molecule has 2 saturated heterocycles. The lowest BCUT2D eigenvalue weighted by Crippen LogP contribution is -2.46. The van der Waals surface area contributed by atoms with Crippen molar-refractivity contribution in [3.63, 3.8) is 0 Å². The van der Waals surface area contributed by atoms with Crippen molar-refractivity contribution in [1.29, 1.82) is 0 Å². The summed E-state index contributed by atoms with van der Waals surface area (Å²) in [6.45, 7) is 10.0. The Kier molecular flexibility index (Phi) is 7.59. The van der Waals surface area contributed by atoms with Crippen LogP contribution in [0.15, 0.2) is 0 Å².